The SMILES string of the molecule is C=C[C@@H](OC(=O)NCCCC)c1ccccc1. The van der Waals surface area contributed by atoms with Crippen molar-refractivity contribution in [1.29, 1.82) is 0 Å². The number of carbonyl (C=O) groups excluding carboxylic acids is 1. The van der Waals surface area contributed by atoms with Crippen molar-refractivity contribution in [3.63, 3.8) is 0 Å². The summed E-state index contributed by atoms with van der Waals surface area (Å²) in [6, 6.07) is 9.55. The van der Waals surface area contributed by atoms with Gasteiger partial charge in [0.25, 0.3) is 0 Å². The van der Waals surface area contributed by atoms with Gasteiger partial charge >= 0.3 is 6.09 Å². The highest BCUT2D eigenvalue weighted by Crippen LogP contribution is 2.17. The number of benzene rings is 1. The number of carbonyl (C=O) groups is 1. The summed E-state index contributed by atoms with van der Waals surface area (Å²) >= 11 is 0. The van der Waals surface area contributed by atoms with Crippen LogP contribution in [0.15, 0.2) is 43.0 Å². The second kappa shape index (κ2) is 7.49. The lowest BCUT2D eigenvalue weighted by molar-refractivity contribution is 0.120. The maximum atomic E-state index is 11.5. The van der Waals surface area contributed by atoms with Gasteiger partial charge in [-0.15, -0.1) is 0 Å². The van der Waals surface area contributed by atoms with Crippen molar-refractivity contribution >= 4 is 6.09 Å². The molecule has 0 aliphatic rings. The highest BCUT2D eigenvalue weighted by atomic mass is 16.6. The smallest absolute Gasteiger partial charge is 0.408 e. The van der Waals surface area contributed by atoms with E-state index in [4.69, 9.17) is 4.74 Å². The molecule has 0 saturated heterocycles. The average molecular weight is 233 g/mol. The molecule has 0 radical (unpaired) electrons. The van der Waals surface area contributed by atoms with Crippen LogP contribution < -0.4 is 5.32 Å². The third-order valence-electron chi connectivity index (χ3n) is 2.38. The molecule has 3 nitrogen and oxygen atoms in total. The van der Waals surface area contributed by atoms with Crippen LogP contribution in [-0.2, 0) is 4.74 Å². The predicted octanol–water partition coefficient (Wildman–Crippen LogP) is 3.44. The van der Waals surface area contributed by atoms with Crippen molar-refractivity contribution in [2.75, 3.05) is 6.54 Å². The quantitative estimate of drug-likeness (QED) is 0.603. The van der Waals surface area contributed by atoms with E-state index in [0.29, 0.717) is 6.54 Å². The summed E-state index contributed by atoms with van der Waals surface area (Å²) in [5.74, 6) is 0. The summed E-state index contributed by atoms with van der Waals surface area (Å²) in [4.78, 5) is 11.5. The highest BCUT2D eigenvalue weighted by molar-refractivity contribution is 5.67. The van der Waals surface area contributed by atoms with E-state index < -0.39 is 12.2 Å². The standard InChI is InChI=1S/C14H19NO2/c1-3-5-11-15-14(16)17-13(4-2)12-9-7-6-8-10-12/h4,6-10,13H,2-3,5,11H2,1H3,(H,15,16)/t13-/m1/s1. The van der Waals surface area contributed by atoms with E-state index in [0.717, 1.165) is 18.4 Å². The summed E-state index contributed by atoms with van der Waals surface area (Å²) in [7, 11) is 0. The topological polar surface area (TPSA) is 38.3 Å². The van der Waals surface area contributed by atoms with Crippen molar-refractivity contribution in [3.05, 3.63) is 48.6 Å². The maximum absolute atomic E-state index is 11.5. The van der Waals surface area contributed by atoms with E-state index in [1.165, 1.54) is 0 Å². The first-order chi connectivity index (χ1) is 8.27. The van der Waals surface area contributed by atoms with Gasteiger partial charge < -0.3 is 10.1 Å². The minimum Gasteiger partial charge on any atom is -0.437 e. The number of unbranched alkanes of at least 4 members (excludes halogenated alkanes) is 1. The van der Waals surface area contributed by atoms with Gasteiger partial charge in [0.05, 0.1) is 0 Å². The van der Waals surface area contributed by atoms with Gasteiger partial charge in [-0.3, -0.25) is 0 Å². The van der Waals surface area contributed by atoms with Crippen molar-refractivity contribution in [2.24, 2.45) is 0 Å². The largest absolute Gasteiger partial charge is 0.437 e. The summed E-state index contributed by atoms with van der Waals surface area (Å²) in [5, 5.41) is 2.71. The highest BCUT2D eigenvalue weighted by Gasteiger charge is 2.11. The third-order valence-corrected chi connectivity index (χ3v) is 2.38. The fourth-order valence-corrected chi connectivity index (χ4v) is 1.42. The summed E-state index contributed by atoms with van der Waals surface area (Å²) in [6.07, 6.45) is 2.84. The van der Waals surface area contributed by atoms with E-state index in [-0.39, 0.29) is 0 Å². The molecule has 1 amide bonds. The Balaban J connectivity index is 2.47. The molecule has 1 N–H and O–H groups in total. The molecule has 0 bridgehead atoms. The Hall–Kier alpha value is -1.77. The van der Waals surface area contributed by atoms with Gasteiger partial charge in [-0.05, 0) is 18.1 Å². The van der Waals surface area contributed by atoms with Gasteiger partial charge in [0.1, 0.15) is 6.10 Å². The van der Waals surface area contributed by atoms with Gasteiger partial charge in [-0.2, -0.15) is 0 Å². The Kier molecular flexibility index (Phi) is 5.86. The lowest BCUT2D eigenvalue weighted by Crippen LogP contribution is -2.26. The van der Waals surface area contributed by atoms with Crippen LogP contribution in [0.5, 0.6) is 0 Å². The molecule has 1 aromatic carbocycles. The number of hydrogen-bond donors (Lipinski definition) is 1. The Morgan fingerprint density at radius 2 is 2.18 bits per heavy atom. The van der Waals surface area contributed by atoms with Gasteiger partial charge in [-0.1, -0.05) is 50.3 Å². The Bertz CT molecular complexity index is 348. The predicted molar refractivity (Wildman–Crippen MR) is 68.8 cm³/mol. The van der Waals surface area contributed by atoms with Gasteiger partial charge in [-0.25, -0.2) is 4.79 Å². The average Bonchev–Trinajstić information content (AvgIpc) is 2.37. The second-order valence-electron chi connectivity index (χ2n) is 3.75. The molecule has 92 valence electrons. The van der Waals surface area contributed by atoms with Crippen molar-refractivity contribution in [2.45, 2.75) is 25.9 Å². The zero-order valence-corrected chi connectivity index (χ0v) is 10.2. The normalized spacial score (nSPS) is 11.6. The molecule has 1 rings (SSSR count). The first-order valence-corrected chi connectivity index (χ1v) is 5.90. The third kappa shape index (κ3) is 4.72. The molecule has 1 atom stereocenters. The van der Waals surface area contributed by atoms with Crippen LogP contribution in [-0.4, -0.2) is 12.6 Å². The van der Waals surface area contributed by atoms with E-state index in [2.05, 4.69) is 18.8 Å². The number of amides is 1. The fraction of sp³-hybridized carbons (Fsp3) is 0.357. The first-order valence-electron chi connectivity index (χ1n) is 5.90. The Labute approximate surface area is 102 Å². The van der Waals surface area contributed by atoms with Crippen LogP contribution in [0.3, 0.4) is 0 Å². The molecule has 0 aliphatic heterocycles. The molecule has 0 aromatic heterocycles. The Morgan fingerprint density at radius 1 is 1.47 bits per heavy atom. The van der Waals surface area contributed by atoms with Crippen LogP contribution in [0, 0.1) is 0 Å². The molecular weight excluding hydrogens is 214 g/mol. The van der Waals surface area contributed by atoms with Gasteiger partial charge in [0.2, 0.25) is 0 Å². The molecule has 17 heavy (non-hydrogen) atoms. The van der Waals surface area contributed by atoms with Gasteiger partial charge in [0.15, 0.2) is 0 Å². The van der Waals surface area contributed by atoms with Crippen molar-refractivity contribution in [3.8, 4) is 0 Å². The van der Waals surface area contributed by atoms with Crippen LogP contribution in [0.1, 0.15) is 31.4 Å². The maximum Gasteiger partial charge on any atom is 0.408 e. The number of rotatable bonds is 6. The Morgan fingerprint density at radius 3 is 2.76 bits per heavy atom. The fourth-order valence-electron chi connectivity index (χ4n) is 1.42. The number of hydrogen-bond acceptors (Lipinski definition) is 2. The molecule has 0 fully saturated rings. The van der Waals surface area contributed by atoms with Gasteiger partial charge in [0, 0.05) is 6.54 Å². The second-order valence-corrected chi connectivity index (χ2v) is 3.75. The molecule has 3 heteroatoms. The summed E-state index contributed by atoms with van der Waals surface area (Å²) in [6.45, 7) is 6.40. The molecular formula is C14H19NO2. The molecule has 1 aromatic rings. The summed E-state index contributed by atoms with van der Waals surface area (Å²) in [5.41, 5.74) is 0.924. The van der Waals surface area contributed by atoms with Crippen LogP contribution in [0.25, 0.3) is 0 Å². The van der Waals surface area contributed by atoms with Crippen LogP contribution in [0.2, 0.25) is 0 Å². The molecule has 0 spiro atoms. The minimum absolute atomic E-state index is 0.391. The van der Waals surface area contributed by atoms with Crippen LogP contribution in [0.4, 0.5) is 4.79 Å². The number of alkyl carbamates (subject to hydrolysis) is 1. The number of nitrogens with one attached hydrogen (secondary N) is 1. The zero-order valence-electron chi connectivity index (χ0n) is 10.2. The molecule has 0 saturated carbocycles. The molecule has 0 aliphatic carbocycles. The first kappa shape index (κ1) is 13.3. The van der Waals surface area contributed by atoms with Crippen molar-refractivity contribution < 1.29 is 9.53 Å². The molecule has 0 unspecified atom stereocenters. The van der Waals surface area contributed by atoms with E-state index in [1.807, 2.05) is 30.3 Å². The molecule has 0 heterocycles. The zero-order chi connectivity index (χ0) is 12.5. The number of ether oxygens (including phenoxy) is 1. The van der Waals surface area contributed by atoms with Crippen LogP contribution >= 0.6 is 0 Å². The lowest BCUT2D eigenvalue weighted by Gasteiger charge is -2.14. The van der Waals surface area contributed by atoms with E-state index in [1.54, 1.807) is 6.08 Å². The van der Waals surface area contributed by atoms with E-state index >= 15 is 0 Å². The van der Waals surface area contributed by atoms with Crippen molar-refractivity contribution in [1.82, 2.24) is 5.32 Å². The lowest BCUT2D eigenvalue weighted by atomic mass is 10.1. The summed E-state index contributed by atoms with van der Waals surface area (Å²) < 4.78 is 5.26. The minimum atomic E-state index is -0.396. The monoisotopic (exact) mass is 233 g/mol. The van der Waals surface area contributed by atoms with E-state index in [9.17, 15) is 4.79 Å².